The lowest BCUT2D eigenvalue weighted by Crippen LogP contribution is -2.28. The highest BCUT2D eigenvalue weighted by atomic mass is 16.6. The fraction of sp³-hybridized carbons (Fsp3) is 0.364. The molecule has 2 N–H and O–H groups in total. The van der Waals surface area contributed by atoms with Gasteiger partial charge in [0.2, 0.25) is 0 Å². The third-order valence-corrected chi connectivity index (χ3v) is 1.90. The van der Waals surface area contributed by atoms with Gasteiger partial charge in [-0.15, -0.1) is 0 Å². The predicted octanol–water partition coefficient (Wildman–Crippen LogP) is 1.24. The Labute approximate surface area is 99.9 Å². The molecule has 0 aliphatic heterocycles. The smallest absolute Gasteiger partial charge is 0.332 e. The lowest BCUT2D eigenvalue weighted by molar-refractivity contribution is -0.432. The molecule has 0 aliphatic carbocycles. The minimum Gasteiger partial charge on any atom is -0.380 e. The summed E-state index contributed by atoms with van der Waals surface area (Å²) in [4.78, 5) is 14.2. The van der Waals surface area contributed by atoms with Gasteiger partial charge in [-0.1, -0.05) is 6.07 Å². The third kappa shape index (κ3) is 4.96. The number of aromatic nitrogens is 1. The summed E-state index contributed by atoms with van der Waals surface area (Å²) >= 11 is 0. The van der Waals surface area contributed by atoms with Crippen LogP contribution in [0.1, 0.15) is 19.4 Å². The zero-order valence-corrected chi connectivity index (χ0v) is 9.88. The zero-order chi connectivity index (χ0) is 12.7. The molecular formula is C11H16N4O2. The molecule has 1 aromatic heterocycles. The van der Waals surface area contributed by atoms with Crippen LogP contribution in [0.5, 0.6) is 0 Å². The molecule has 6 heteroatoms. The van der Waals surface area contributed by atoms with Crippen LogP contribution in [0, 0.1) is 10.1 Å². The first-order chi connectivity index (χ1) is 8.09. The van der Waals surface area contributed by atoms with E-state index in [1.54, 1.807) is 12.4 Å². The van der Waals surface area contributed by atoms with E-state index in [4.69, 9.17) is 0 Å². The first kappa shape index (κ1) is 13.0. The van der Waals surface area contributed by atoms with Crippen molar-refractivity contribution >= 4 is 0 Å². The number of nitro groups is 1. The van der Waals surface area contributed by atoms with Gasteiger partial charge in [0.05, 0.1) is 12.2 Å². The number of hydrogen-bond donors (Lipinski definition) is 2. The molecule has 0 spiro atoms. The van der Waals surface area contributed by atoms with Crippen LogP contribution >= 0.6 is 0 Å². The van der Waals surface area contributed by atoms with Gasteiger partial charge >= 0.3 is 5.82 Å². The van der Waals surface area contributed by atoms with Crippen LogP contribution in [0.25, 0.3) is 0 Å². The Balaban J connectivity index is 2.52. The van der Waals surface area contributed by atoms with E-state index in [1.807, 2.05) is 26.0 Å². The van der Waals surface area contributed by atoms with E-state index in [9.17, 15) is 10.1 Å². The Morgan fingerprint density at radius 3 is 2.94 bits per heavy atom. The maximum absolute atomic E-state index is 10.7. The maximum atomic E-state index is 10.7. The summed E-state index contributed by atoms with van der Waals surface area (Å²) in [5.74, 6) is -0.0381. The van der Waals surface area contributed by atoms with E-state index in [-0.39, 0.29) is 11.9 Å². The second kappa shape index (κ2) is 6.47. The molecule has 0 unspecified atom stereocenters. The molecule has 0 amide bonds. The number of rotatable bonds is 6. The Bertz CT molecular complexity index is 390. The molecule has 0 radical (unpaired) electrons. The molecule has 1 heterocycles. The van der Waals surface area contributed by atoms with Crippen molar-refractivity contribution in [1.82, 2.24) is 15.6 Å². The average molecular weight is 236 g/mol. The molecule has 6 nitrogen and oxygen atoms in total. The highest BCUT2D eigenvalue weighted by Gasteiger charge is 2.09. The van der Waals surface area contributed by atoms with Gasteiger partial charge in [0.15, 0.2) is 0 Å². The molecule has 0 saturated heterocycles. The average Bonchev–Trinajstić information content (AvgIpc) is 2.28. The van der Waals surface area contributed by atoms with Crippen LogP contribution in [0.4, 0.5) is 0 Å². The number of pyridine rings is 1. The molecular weight excluding hydrogens is 220 g/mol. The van der Waals surface area contributed by atoms with Gasteiger partial charge in [-0.2, -0.15) is 0 Å². The van der Waals surface area contributed by atoms with E-state index in [1.165, 1.54) is 6.20 Å². The highest BCUT2D eigenvalue weighted by Crippen LogP contribution is 1.96. The molecule has 0 fully saturated rings. The summed E-state index contributed by atoms with van der Waals surface area (Å²) in [5, 5.41) is 16.3. The van der Waals surface area contributed by atoms with Crippen LogP contribution < -0.4 is 10.6 Å². The third-order valence-electron chi connectivity index (χ3n) is 1.90. The lowest BCUT2D eigenvalue weighted by Gasteiger charge is -2.07. The van der Waals surface area contributed by atoms with Crippen molar-refractivity contribution in [1.29, 1.82) is 0 Å². The fourth-order valence-corrected chi connectivity index (χ4v) is 1.21. The summed E-state index contributed by atoms with van der Waals surface area (Å²) in [7, 11) is 0. The highest BCUT2D eigenvalue weighted by molar-refractivity contribution is 5.08. The van der Waals surface area contributed by atoms with Gasteiger partial charge in [-0.05, 0) is 30.4 Å². The summed E-state index contributed by atoms with van der Waals surface area (Å²) in [6, 6.07) is 3.74. The summed E-state index contributed by atoms with van der Waals surface area (Å²) in [5.41, 5.74) is 0.969. The Kier molecular flexibility index (Phi) is 4.93. The topological polar surface area (TPSA) is 80.1 Å². The minimum atomic E-state index is -0.448. The van der Waals surface area contributed by atoms with Gasteiger partial charge < -0.3 is 15.4 Å². The van der Waals surface area contributed by atoms with Crippen molar-refractivity contribution in [2.45, 2.75) is 26.4 Å². The van der Waals surface area contributed by atoms with Crippen molar-refractivity contribution in [3.05, 3.63) is 52.2 Å². The van der Waals surface area contributed by atoms with E-state index in [2.05, 4.69) is 15.6 Å². The van der Waals surface area contributed by atoms with Crippen LogP contribution in [0.2, 0.25) is 0 Å². The summed E-state index contributed by atoms with van der Waals surface area (Å²) < 4.78 is 0. The Morgan fingerprint density at radius 1 is 1.65 bits per heavy atom. The molecule has 0 aliphatic rings. The molecule has 92 valence electrons. The van der Waals surface area contributed by atoms with E-state index >= 15 is 0 Å². The van der Waals surface area contributed by atoms with E-state index in [0.717, 1.165) is 5.56 Å². The fourth-order valence-electron chi connectivity index (χ4n) is 1.21. The molecule has 0 aromatic carbocycles. The lowest BCUT2D eigenvalue weighted by atomic mass is 10.3. The molecule has 0 atom stereocenters. The SMILES string of the molecule is CC(C)NC(=CNCc1cccnc1)[N+](=O)[O-]. The Hall–Kier alpha value is -2.11. The molecule has 17 heavy (non-hydrogen) atoms. The van der Waals surface area contributed by atoms with Crippen molar-refractivity contribution in [2.24, 2.45) is 0 Å². The molecule has 1 rings (SSSR count). The Morgan fingerprint density at radius 2 is 2.41 bits per heavy atom. The number of hydrogen-bond acceptors (Lipinski definition) is 5. The summed E-state index contributed by atoms with van der Waals surface area (Å²) in [6.07, 6.45) is 4.76. The first-order valence-electron chi connectivity index (χ1n) is 5.33. The minimum absolute atomic E-state index is 0.0202. The largest absolute Gasteiger partial charge is 0.380 e. The standard InChI is InChI=1S/C11H16N4O2/c1-9(2)14-11(15(16)17)8-13-7-10-4-3-5-12-6-10/h3-6,8-9,13-14H,7H2,1-2H3. The summed E-state index contributed by atoms with van der Waals surface area (Å²) in [6.45, 7) is 4.20. The molecule has 1 aromatic rings. The van der Waals surface area contributed by atoms with Gasteiger partial charge in [0.25, 0.3) is 0 Å². The van der Waals surface area contributed by atoms with Crippen LogP contribution in [0.15, 0.2) is 36.5 Å². The van der Waals surface area contributed by atoms with Crippen molar-refractivity contribution in [2.75, 3.05) is 0 Å². The molecule has 0 saturated carbocycles. The second-order valence-electron chi connectivity index (χ2n) is 3.83. The van der Waals surface area contributed by atoms with Crippen LogP contribution in [-0.2, 0) is 6.54 Å². The van der Waals surface area contributed by atoms with Gasteiger partial charge in [-0.3, -0.25) is 10.3 Å². The van der Waals surface area contributed by atoms with Gasteiger partial charge in [0.1, 0.15) is 0 Å². The monoisotopic (exact) mass is 236 g/mol. The van der Waals surface area contributed by atoms with Crippen molar-refractivity contribution < 1.29 is 4.92 Å². The number of nitrogens with zero attached hydrogens (tertiary/aromatic N) is 2. The van der Waals surface area contributed by atoms with Crippen molar-refractivity contribution in [3.63, 3.8) is 0 Å². The normalized spacial score (nSPS) is 11.4. The number of nitrogens with one attached hydrogen (secondary N) is 2. The quantitative estimate of drug-likeness (QED) is 0.574. The molecule has 0 bridgehead atoms. The predicted molar refractivity (Wildman–Crippen MR) is 64.4 cm³/mol. The van der Waals surface area contributed by atoms with Gasteiger partial charge in [-0.25, -0.2) is 0 Å². The first-order valence-corrected chi connectivity index (χ1v) is 5.33. The van der Waals surface area contributed by atoms with Gasteiger partial charge in [0, 0.05) is 18.9 Å². The van der Waals surface area contributed by atoms with Crippen LogP contribution in [-0.4, -0.2) is 15.9 Å². The zero-order valence-electron chi connectivity index (χ0n) is 9.88. The van der Waals surface area contributed by atoms with E-state index in [0.29, 0.717) is 6.54 Å². The van der Waals surface area contributed by atoms with Crippen molar-refractivity contribution in [3.8, 4) is 0 Å². The second-order valence-corrected chi connectivity index (χ2v) is 3.83. The van der Waals surface area contributed by atoms with E-state index < -0.39 is 4.92 Å². The van der Waals surface area contributed by atoms with Crippen LogP contribution in [0.3, 0.4) is 0 Å². The maximum Gasteiger partial charge on any atom is 0.332 e.